The van der Waals surface area contributed by atoms with Gasteiger partial charge in [0.2, 0.25) is 5.91 Å². The third-order valence-corrected chi connectivity index (χ3v) is 3.99. The molecule has 0 bridgehead atoms. The number of carbonyl (C=O) groups is 1. The molecule has 14 heavy (non-hydrogen) atoms. The van der Waals surface area contributed by atoms with E-state index in [2.05, 4.69) is 48.7 Å². The summed E-state index contributed by atoms with van der Waals surface area (Å²) in [7, 11) is 0. The molecule has 82 valence electrons. The van der Waals surface area contributed by atoms with Crippen LogP contribution in [-0.4, -0.2) is 16.4 Å². The van der Waals surface area contributed by atoms with Gasteiger partial charge in [0.05, 0.1) is 0 Å². The fraction of sp³-hybridized carbons (Fsp3) is 0.909. The number of halogens is 1. The van der Waals surface area contributed by atoms with E-state index in [0.29, 0.717) is 17.9 Å². The van der Waals surface area contributed by atoms with E-state index in [0.717, 1.165) is 4.43 Å². The zero-order valence-corrected chi connectivity index (χ0v) is 11.4. The van der Waals surface area contributed by atoms with Crippen LogP contribution in [0.3, 0.4) is 0 Å². The first-order chi connectivity index (χ1) is 6.56. The van der Waals surface area contributed by atoms with Gasteiger partial charge >= 0.3 is 0 Å². The van der Waals surface area contributed by atoms with E-state index < -0.39 is 0 Å². The van der Waals surface area contributed by atoms with Crippen LogP contribution < -0.4 is 5.32 Å². The Morgan fingerprint density at radius 3 is 2.36 bits per heavy atom. The summed E-state index contributed by atoms with van der Waals surface area (Å²) in [6, 6.07) is 0.337. The average molecular weight is 309 g/mol. The van der Waals surface area contributed by atoms with Crippen LogP contribution in [-0.2, 0) is 4.79 Å². The number of hydrogen-bond donors (Lipinski definition) is 1. The van der Waals surface area contributed by atoms with Gasteiger partial charge in [-0.15, -0.1) is 0 Å². The second-order valence-corrected chi connectivity index (χ2v) is 5.52. The maximum absolute atomic E-state index is 11.8. The fourth-order valence-electron chi connectivity index (χ4n) is 1.51. The molecule has 1 N–H and O–H groups in total. The fourth-order valence-corrected chi connectivity index (χ4v) is 2.75. The van der Waals surface area contributed by atoms with Gasteiger partial charge in [-0.2, -0.15) is 0 Å². The first-order valence-corrected chi connectivity index (χ1v) is 6.95. The number of amides is 1. The molecule has 1 fully saturated rings. The number of hydrogen-bond acceptors (Lipinski definition) is 1. The smallest absolute Gasteiger partial charge is 0.223 e. The Bertz CT molecular complexity index is 201. The lowest BCUT2D eigenvalue weighted by molar-refractivity contribution is -0.125. The van der Waals surface area contributed by atoms with Crippen molar-refractivity contribution < 1.29 is 4.79 Å². The van der Waals surface area contributed by atoms with Crippen LogP contribution in [0.2, 0.25) is 0 Å². The summed E-state index contributed by atoms with van der Waals surface area (Å²) in [5.41, 5.74) is 0. The number of nitrogens with one attached hydrogen (secondary N) is 1. The van der Waals surface area contributed by atoms with Crippen molar-refractivity contribution in [2.75, 3.05) is 4.43 Å². The monoisotopic (exact) mass is 309 g/mol. The van der Waals surface area contributed by atoms with E-state index in [1.54, 1.807) is 0 Å². The Kier molecular flexibility index (Phi) is 4.67. The molecule has 0 radical (unpaired) electrons. The molecule has 0 saturated heterocycles. The number of rotatable bonds is 5. The van der Waals surface area contributed by atoms with Crippen LogP contribution in [0, 0.1) is 17.8 Å². The van der Waals surface area contributed by atoms with Gasteiger partial charge < -0.3 is 5.32 Å². The van der Waals surface area contributed by atoms with E-state index in [4.69, 9.17) is 0 Å². The molecule has 1 amide bonds. The van der Waals surface area contributed by atoms with E-state index in [1.807, 2.05) is 0 Å². The topological polar surface area (TPSA) is 29.1 Å². The summed E-state index contributed by atoms with van der Waals surface area (Å²) in [6.07, 6.45) is 2.48. The normalized spacial score (nSPS) is 20.6. The molecule has 0 aromatic heterocycles. The lowest BCUT2D eigenvalue weighted by Gasteiger charge is -2.22. The van der Waals surface area contributed by atoms with Crippen LogP contribution in [0.25, 0.3) is 0 Å². The summed E-state index contributed by atoms with van der Waals surface area (Å²) in [4.78, 5) is 11.8. The predicted octanol–water partition coefficient (Wildman–Crippen LogP) is 2.61. The molecule has 3 heteroatoms. The summed E-state index contributed by atoms with van der Waals surface area (Å²) in [5, 5.41) is 3.14. The highest BCUT2D eigenvalue weighted by molar-refractivity contribution is 14.1. The summed E-state index contributed by atoms with van der Waals surface area (Å²) < 4.78 is 0.999. The Morgan fingerprint density at radius 1 is 1.43 bits per heavy atom. The van der Waals surface area contributed by atoms with Crippen molar-refractivity contribution in [2.24, 2.45) is 17.8 Å². The van der Waals surface area contributed by atoms with Crippen molar-refractivity contribution in [3.8, 4) is 0 Å². The third-order valence-electron chi connectivity index (χ3n) is 3.04. The molecular formula is C11H20INO. The summed E-state index contributed by atoms with van der Waals surface area (Å²) in [5.74, 6) is 1.67. The van der Waals surface area contributed by atoms with Crippen LogP contribution in [0.4, 0.5) is 0 Å². The molecule has 2 unspecified atom stereocenters. The average Bonchev–Trinajstić information content (AvgIpc) is 2.95. The molecular weight excluding hydrogens is 289 g/mol. The van der Waals surface area contributed by atoms with E-state index in [9.17, 15) is 4.79 Å². The minimum atomic E-state index is 0.221. The molecule has 2 nitrogen and oxygen atoms in total. The Morgan fingerprint density at radius 2 is 2.00 bits per heavy atom. The first kappa shape index (κ1) is 12.3. The van der Waals surface area contributed by atoms with Crippen molar-refractivity contribution in [2.45, 2.75) is 39.7 Å². The lowest BCUT2D eigenvalue weighted by atomic mass is 10.0. The first-order valence-electron chi connectivity index (χ1n) is 5.42. The zero-order chi connectivity index (χ0) is 10.7. The zero-order valence-electron chi connectivity index (χ0n) is 9.22. The van der Waals surface area contributed by atoms with Crippen LogP contribution in [0.5, 0.6) is 0 Å². The molecule has 2 atom stereocenters. The highest BCUT2D eigenvalue weighted by atomic mass is 127. The van der Waals surface area contributed by atoms with Crippen LogP contribution >= 0.6 is 22.6 Å². The van der Waals surface area contributed by atoms with Gasteiger partial charge in [0, 0.05) is 16.4 Å². The van der Waals surface area contributed by atoms with Crippen molar-refractivity contribution in [3.63, 3.8) is 0 Å². The Labute approximate surface area is 100 Å². The Hall–Kier alpha value is 0.200. The van der Waals surface area contributed by atoms with Gasteiger partial charge in [-0.3, -0.25) is 4.79 Å². The molecule has 1 aliphatic carbocycles. The second-order valence-electron chi connectivity index (χ2n) is 4.64. The highest BCUT2D eigenvalue weighted by Gasteiger charge is 2.33. The van der Waals surface area contributed by atoms with Crippen LogP contribution in [0.1, 0.15) is 33.6 Å². The van der Waals surface area contributed by atoms with Gasteiger partial charge in [-0.05, 0) is 24.7 Å². The molecule has 0 heterocycles. The molecule has 0 aromatic carbocycles. The minimum absolute atomic E-state index is 0.221. The SMILES string of the molecule is CC(C)C(CI)NC(=O)C(C)C1CC1. The van der Waals surface area contributed by atoms with Gasteiger partial charge in [0.1, 0.15) is 0 Å². The predicted molar refractivity (Wildman–Crippen MR) is 67.5 cm³/mol. The quantitative estimate of drug-likeness (QED) is 0.614. The van der Waals surface area contributed by atoms with Crippen molar-refractivity contribution in [1.82, 2.24) is 5.32 Å². The lowest BCUT2D eigenvalue weighted by Crippen LogP contribution is -2.42. The van der Waals surface area contributed by atoms with Crippen molar-refractivity contribution in [3.05, 3.63) is 0 Å². The van der Waals surface area contributed by atoms with Gasteiger partial charge in [0.25, 0.3) is 0 Å². The summed E-state index contributed by atoms with van der Waals surface area (Å²) in [6.45, 7) is 6.37. The van der Waals surface area contributed by atoms with Gasteiger partial charge in [-0.1, -0.05) is 43.4 Å². The van der Waals surface area contributed by atoms with Gasteiger partial charge in [-0.25, -0.2) is 0 Å². The van der Waals surface area contributed by atoms with Gasteiger partial charge in [0.15, 0.2) is 0 Å². The molecule has 0 spiro atoms. The molecule has 1 saturated carbocycles. The second kappa shape index (κ2) is 5.33. The molecule has 1 rings (SSSR count). The number of alkyl halides is 1. The highest BCUT2D eigenvalue weighted by Crippen LogP contribution is 2.36. The van der Waals surface area contributed by atoms with E-state index >= 15 is 0 Å². The minimum Gasteiger partial charge on any atom is -0.352 e. The van der Waals surface area contributed by atoms with Crippen molar-refractivity contribution in [1.29, 1.82) is 0 Å². The summed E-state index contributed by atoms with van der Waals surface area (Å²) >= 11 is 2.34. The van der Waals surface area contributed by atoms with Crippen molar-refractivity contribution >= 4 is 28.5 Å². The molecule has 1 aliphatic rings. The number of carbonyl (C=O) groups excluding carboxylic acids is 1. The van der Waals surface area contributed by atoms with E-state index in [1.165, 1.54) is 12.8 Å². The largest absolute Gasteiger partial charge is 0.352 e. The molecule has 0 aliphatic heterocycles. The molecule has 0 aromatic rings. The van der Waals surface area contributed by atoms with E-state index in [-0.39, 0.29) is 11.8 Å². The van der Waals surface area contributed by atoms with Crippen LogP contribution in [0.15, 0.2) is 0 Å². The maximum Gasteiger partial charge on any atom is 0.223 e. The Balaban J connectivity index is 2.37. The standard InChI is InChI=1S/C11H20INO/c1-7(2)10(6-12)13-11(14)8(3)9-4-5-9/h7-10H,4-6H2,1-3H3,(H,13,14). The maximum atomic E-state index is 11.8. The third kappa shape index (κ3) is 3.41.